The van der Waals surface area contributed by atoms with E-state index in [9.17, 15) is 0 Å². The van der Waals surface area contributed by atoms with Gasteiger partial charge in [-0.25, -0.2) is 0 Å². The second-order valence-corrected chi connectivity index (χ2v) is 2.60. The summed E-state index contributed by atoms with van der Waals surface area (Å²) in [5.41, 5.74) is 3.80. The van der Waals surface area contributed by atoms with Crippen molar-refractivity contribution >= 4 is 0 Å². The van der Waals surface area contributed by atoms with Gasteiger partial charge < -0.3 is 4.74 Å². The molecule has 0 atom stereocenters. The first-order valence-corrected chi connectivity index (χ1v) is 3.84. The van der Waals surface area contributed by atoms with E-state index in [2.05, 4.69) is 12.3 Å². The van der Waals surface area contributed by atoms with Crippen LogP contribution in [0.2, 0.25) is 0 Å². The van der Waals surface area contributed by atoms with Crippen molar-refractivity contribution < 1.29 is 4.74 Å². The molecular formula is C11H12O. The van der Waals surface area contributed by atoms with E-state index >= 15 is 0 Å². The average molecular weight is 160 g/mol. The fourth-order valence-electron chi connectivity index (χ4n) is 0.872. The van der Waals surface area contributed by atoms with Crippen molar-refractivity contribution in [2.24, 2.45) is 0 Å². The Morgan fingerprint density at radius 2 is 2.08 bits per heavy atom. The van der Waals surface area contributed by atoms with Crippen LogP contribution in [0, 0.1) is 6.92 Å². The molecule has 0 saturated heterocycles. The number of hydrogen-bond donors (Lipinski definition) is 0. The lowest BCUT2D eigenvalue weighted by Crippen LogP contribution is -1.90. The Balaban J connectivity index is 2.90. The average Bonchev–Trinajstić information content (AvgIpc) is 2.09. The van der Waals surface area contributed by atoms with Gasteiger partial charge in [-0.3, -0.25) is 0 Å². The predicted octanol–water partition coefficient (Wildman–Crippen LogP) is 3.06. The Morgan fingerprint density at radius 1 is 1.42 bits per heavy atom. The summed E-state index contributed by atoms with van der Waals surface area (Å²) in [5.74, 6) is 1.57. The van der Waals surface area contributed by atoms with Crippen LogP contribution < -0.4 is 4.74 Å². The van der Waals surface area contributed by atoms with Gasteiger partial charge in [0.05, 0.1) is 0 Å². The smallest absolute Gasteiger partial charge is 0.142 e. The van der Waals surface area contributed by atoms with E-state index in [1.807, 2.05) is 38.1 Å². The molecule has 0 radical (unpaired) electrons. The van der Waals surface area contributed by atoms with E-state index in [0.29, 0.717) is 5.76 Å². The highest BCUT2D eigenvalue weighted by atomic mass is 16.5. The summed E-state index contributed by atoms with van der Waals surface area (Å²) in [5, 5.41) is 0. The number of ether oxygens (including phenoxy) is 1. The SMILES string of the molecule is C=C=C(C)Oc1ccccc1C. The first kappa shape index (κ1) is 8.63. The minimum atomic E-state index is 0.698. The molecule has 0 unspecified atom stereocenters. The van der Waals surface area contributed by atoms with Crippen LogP contribution in [0.15, 0.2) is 42.3 Å². The third kappa shape index (κ3) is 2.01. The molecule has 62 valence electrons. The molecule has 0 amide bonds. The van der Waals surface area contributed by atoms with Crippen molar-refractivity contribution in [3.05, 3.63) is 47.9 Å². The molecule has 0 spiro atoms. The maximum Gasteiger partial charge on any atom is 0.142 e. The summed E-state index contributed by atoms with van der Waals surface area (Å²) in [6.45, 7) is 7.34. The van der Waals surface area contributed by atoms with Crippen LogP contribution in [-0.4, -0.2) is 0 Å². The van der Waals surface area contributed by atoms with Gasteiger partial charge in [-0.15, -0.1) is 0 Å². The standard InChI is InChI=1S/C11H12O/c1-4-10(3)12-11-8-6-5-7-9(11)2/h5-8H,1H2,2-3H3. The second-order valence-electron chi connectivity index (χ2n) is 2.60. The van der Waals surface area contributed by atoms with Gasteiger partial charge in [0, 0.05) is 6.92 Å². The molecular weight excluding hydrogens is 148 g/mol. The quantitative estimate of drug-likeness (QED) is 0.477. The molecule has 0 bridgehead atoms. The molecule has 1 nitrogen and oxygen atoms in total. The topological polar surface area (TPSA) is 9.23 Å². The molecule has 0 aliphatic carbocycles. The zero-order chi connectivity index (χ0) is 8.97. The fraction of sp³-hybridized carbons (Fsp3) is 0.182. The highest BCUT2D eigenvalue weighted by molar-refractivity contribution is 5.32. The van der Waals surface area contributed by atoms with E-state index in [4.69, 9.17) is 4.74 Å². The summed E-state index contributed by atoms with van der Waals surface area (Å²) in [4.78, 5) is 0. The van der Waals surface area contributed by atoms with E-state index in [1.54, 1.807) is 0 Å². The minimum absolute atomic E-state index is 0.698. The van der Waals surface area contributed by atoms with E-state index in [1.165, 1.54) is 0 Å². The highest BCUT2D eigenvalue weighted by Crippen LogP contribution is 2.18. The zero-order valence-electron chi connectivity index (χ0n) is 7.42. The van der Waals surface area contributed by atoms with E-state index in [0.717, 1.165) is 11.3 Å². The van der Waals surface area contributed by atoms with Crippen molar-refractivity contribution in [1.29, 1.82) is 0 Å². The summed E-state index contributed by atoms with van der Waals surface area (Å²) in [6.07, 6.45) is 0. The Morgan fingerprint density at radius 3 is 2.67 bits per heavy atom. The lowest BCUT2D eigenvalue weighted by atomic mass is 10.2. The number of para-hydroxylation sites is 1. The number of benzene rings is 1. The normalized spacial score (nSPS) is 8.83. The third-order valence-corrected chi connectivity index (χ3v) is 1.61. The summed E-state index contributed by atoms with van der Waals surface area (Å²) in [6, 6.07) is 7.86. The van der Waals surface area contributed by atoms with Crippen LogP contribution in [0.25, 0.3) is 0 Å². The van der Waals surface area contributed by atoms with Gasteiger partial charge in [0.1, 0.15) is 11.5 Å². The molecule has 12 heavy (non-hydrogen) atoms. The predicted molar refractivity (Wildman–Crippen MR) is 50.1 cm³/mol. The Labute approximate surface area is 73.0 Å². The molecule has 1 heteroatoms. The van der Waals surface area contributed by atoms with Crippen molar-refractivity contribution in [2.45, 2.75) is 13.8 Å². The van der Waals surface area contributed by atoms with Gasteiger partial charge in [0.25, 0.3) is 0 Å². The monoisotopic (exact) mass is 160 g/mol. The summed E-state index contributed by atoms with van der Waals surface area (Å²) in [7, 11) is 0. The summed E-state index contributed by atoms with van der Waals surface area (Å²) < 4.78 is 5.44. The Kier molecular flexibility index (Phi) is 2.73. The molecule has 0 aliphatic heterocycles. The van der Waals surface area contributed by atoms with Crippen LogP contribution in [-0.2, 0) is 0 Å². The molecule has 0 aliphatic rings. The van der Waals surface area contributed by atoms with Gasteiger partial charge in [-0.2, -0.15) is 0 Å². The minimum Gasteiger partial charge on any atom is -0.454 e. The Hall–Kier alpha value is -1.46. The van der Waals surface area contributed by atoms with Crippen LogP contribution in [0.5, 0.6) is 5.75 Å². The molecule has 1 aromatic carbocycles. The van der Waals surface area contributed by atoms with E-state index in [-0.39, 0.29) is 0 Å². The molecule has 0 saturated carbocycles. The number of aryl methyl sites for hydroxylation is 1. The summed E-state index contributed by atoms with van der Waals surface area (Å²) >= 11 is 0. The zero-order valence-corrected chi connectivity index (χ0v) is 7.42. The van der Waals surface area contributed by atoms with Gasteiger partial charge in [-0.05, 0) is 18.6 Å². The molecule has 1 rings (SSSR count). The van der Waals surface area contributed by atoms with Gasteiger partial charge in [0.2, 0.25) is 0 Å². The van der Waals surface area contributed by atoms with Crippen LogP contribution >= 0.6 is 0 Å². The fourth-order valence-corrected chi connectivity index (χ4v) is 0.872. The Bertz CT molecular complexity index is 320. The molecule has 1 aromatic rings. The largest absolute Gasteiger partial charge is 0.454 e. The van der Waals surface area contributed by atoms with Gasteiger partial charge in [0.15, 0.2) is 0 Å². The second kappa shape index (κ2) is 3.80. The van der Waals surface area contributed by atoms with Crippen molar-refractivity contribution in [2.75, 3.05) is 0 Å². The number of allylic oxidation sites excluding steroid dienone is 1. The van der Waals surface area contributed by atoms with Gasteiger partial charge >= 0.3 is 0 Å². The lowest BCUT2D eigenvalue weighted by Gasteiger charge is -2.05. The van der Waals surface area contributed by atoms with Crippen LogP contribution in [0.4, 0.5) is 0 Å². The maximum absolute atomic E-state index is 5.44. The molecule has 0 heterocycles. The maximum atomic E-state index is 5.44. The van der Waals surface area contributed by atoms with E-state index < -0.39 is 0 Å². The first-order chi connectivity index (χ1) is 5.74. The lowest BCUT2D eigenvalue weighted by molar-refractivity contribution is 0.426. The van der Waals surface area contributed by atoms with Gasteiger partial charge in [-0.1, -0.05) is 30.5 Å². The van der Waals surface area contributed by atoms with Crippen LogP contribution in [0.3, 0.4) is 0 Å². The van der Waals surface area contributed by atoms with Crippen molar-refractivity contribution in [3.8, 4) is 5.75 Å². The number of hydrogen-bond acceptors (Lipinski definition) is 1. The van der Waals surface area contributed by atoms with Crippen LogP contribution in [0.1, 0.15) is 12.5 Å². The van der Waals surface area contributed by atoms with Crippen molar-refractivity contribution in [1.82, 2.24) is 0 Å². The van der Waals surface area contributed by atoms with Crippen molar-refractivity contribution in [3.63, 3.8) is 0 Å². The third-order valence-electron chi connectivity index (χ3n) is 1.61. The highest BCUT2D eigenvalue weighted by Gasteiger charge is 1.96. The molecule has 0 aromatic heterocycles. The molecule has 0 fully saturated rings. The number of rotatable bonds is 2. The first-order valence-electron chi connectivity index (χ1n) is 3.84. The molecule has 0 N–H and O–H groups in total.